The fourth-order valence-electron chi connectivity index (χ4n) is 1.96. The van der Waals surface area contributed by atoms with Crippen molar-refractivity contribution in [1.82, 2.24) is 4.98 Å². The average Bonchev–Trinajstić information content (AvgIpc) is 2.48. The summed E-state index contributed by atoms with van der Waals surface area (Å²) in [4.78, 5) is 15.8. The lowest BCUT2D eigenvalue weighted by Gasteiger charge is -2.08. The van der Waals surface area contributed by atoms with Crippen LogP contribution in [0, 0.1) is 6.92 Å². The van der Waals surface area contributed by atoms with E-state index in [9.17, 15) is 4.79 Å². The van der Waals surface area contributed by atoms with E-state index >= 15 is 0 Å². The molecule has 0 aliphatic heterocycles. The molecule has 0 bridgehead atoms. The third kappa shape index (κ3) is 4.68. The van der Waals surface area contributed by atoms with Gasteiger partial charge in [-0.1, -0.05) is 18.2 Å². The molecule has 1 aromatic heterocycles. The maximum atomic E-state index is 11.5. The number of pyridine rings is 1. The molecular formula is C17H19NO3. The second-order valence-corrected chi connectivity index (χ2v) is 4.85. The van der Waals surface area contributed by atoms with Gasteiger partial charge in [-0.15, -0.1) is 0 Å². The average molecular weight is 285 g/mol. The molecule has 0 N–H and O–H groups in total. The van der Waals surface area contributed by atoms with Crippen molar-refractivity contribution in [3.05, 3.63) is 59.4 Å². The lowest BCUT2D eigenvalue weighted by molar-refractivity contribution is -0.121. The molecule has 4 heteroatoms. The van der Waals surface area contributed by atoms with Crippen LogP contribution in [0.1, 0.15) is 16.8 Å². The third-order valence-electron chi connectivity index (χ3n) is 3.12. The Morgan fingerprint density at radius 1 is 1.19 bits per heavy atom. The first-order chi connectivity index (χ1) is 10.2. The number of nitrogens with zero attached hydrogens (tertiary/aromatic N) is 1. The van der Waals surface area contributed by atoms with Crippen LogP contribution in [0.25, 0.3) is 0 Å². The van der Waals surface area contributed by atoms with Gasteiger partial charge in [-0.05, 0) is 36.2 Å². The molecule has 0 spiro atoms. The van der Waals surface area contributed by atoms with Crippen LogP contribution >= 0.6 is 0 Å². The van der Waals surface area contributed by atoms with Gasteiger partial charge < -0.3 is 9.47 Å². The molecule has 0 radical (unpaired) electrons. The van der Waals surface area contributed by atoms with Gasteiger partial charge in [0.15, 0.2) is 5.78 Å². The number of aromatic nitrogens is 1. The highest BCUT2D eigenvalue weighted by molar-refractivity contribution is 5.82. The SMILES string of the molecule is COCC(=O)Cc1ccc(OCc2ncccc2C)cc1. The summed E-state index contributed by atoms with van der Waals surface area (Å²) in [6.45, 7) is 2.60. The van der Waals surface area contributed by atoms with Crippen LogP contribution in [0.5, 0.6) is 5.75 Å². The Morgan fingerprint density at radius 3 is 2.62 bits per heavy atom. The van der Waals surface area contributed by atoms with Crippen molar-refractivity contribution in [1.29, 1.82) is 0 Å². The van der Waals surface area contributed by atoms with E-state index in [0.717, 1.165) is 22.6 Å². The summed E-state index contributed by atoms with van der Waals surface area (Å²) in [6, 6.07) is 11.4. The normalized spacial score (nSPS) is 10.4. The minimum absolute atomic E-state index is 0.0651. The minimum Gasteiger partial charge on any atom is -0.487 e. The Labute approximate surface area is 124 Å². The fraction of sp³-hybridized carbons (Fsp3) is 0.294. The maximum Gasteiger partial charge on any atom is 0.162 e. The van der Waals surface area contributed by atoms with Crippen molar-refractivity contribution in [2.75, 3.05) is 13.7 Å². The van der Waals surface area contributed by atoms with E-state index in [0.29, 0.717) is 13.0 Å². The van der Waals surface area contributed by atoms with Gasteiger partial charge in [0, 0.05) is 19.7 Å². The van der Waals surface area contributed by atoms with Crippen molar-refractivity contribution in [3.63, 3.8) is 0 Å². The number of Topliss-reactive ketones (excluding diaryl/α,β-unsaturated/α-hetero) is 1. The zero-order valence-electron chi connectivity index (χ0n) is 12.3. The molecule has 2 rings (SSSR count). The second-order valence-electron chi connectivity index (χ2n) is 4.85. The molecule has 21 heavy (non-hydrogen) atoms. The Bertz CT molecular complexity index is 593. The van der Waals surface area contributed by atoms with Crippen LogP contribution in [-0.2, 0) is 22.6 Å². The third-order valence-corrected chi connectivity index (χ3v) is 3.12. The molecular weight excluding hydrogens is 266 g/mol. The number of benzene rings is 1. The molecule has 0 fully saturated rings. The molecule has 0 saturated carbocycles. The summed E-state index contributed by atoms with van der Waals surface area (Å²) in [5.41, 5.74) is 2.99. The zero-order valence-corrected chi connectivity index (χ0v) is 12.3. The molecule has 0 amide bonds. The van der Waals surface area contributed by atoms with Gasteiger partial charge in [-0.3, -0.25) is 9.78 Å². The van der Waals surface area contributed by atoms with Gasteiger partial charge in [0.2, 0.25) is 0 Å². The van der Waals surface area contributed by atoms with Crippen LogP contribution in [0.4, 0.5) is 0 Å². The molecule has 1 heterocycles. The van der Waals surface area contributed by atoms with Crippen LogP contribution in [0.2, 0.25) is 0 Å². The van der Waals surface area contributed by atoms with Gasteiger partial charge in [-0.25, -0.2) is 0 Å². The molecule has 0 atom stereocenters. The first kappa shape index (κ1) is 15.2. The van der Waals surface area contributed by atoms with E-state index in [-0.39, 0.29) is 12.4 Å². The molecule has 0 saturated heterocycles. The highest BCUT2D eigenvalue weighted by Gasteiger charge is 2.04. The minimum atomic E-state index is 0.0651. The summed E-state index contributed by atoms with van der Waals surface area (Å²) in [5, 5.41) is 0. The smallest absolute Gasteiger partial charge is 0.162 e. The molecule has 0 aliphatic rings. The molecule has 0 unspecified atom stereocenters. The summed E-state index contributed by atoms with van der Waals surface area (Å²) in [6.07, 6.45) is 2.14. The van der Waals surface area contributed by atoms with Gasteiger partial charge in [0.05, 0.1) is 5.69 Å². The fourth-order valence-corrected chi connectivity index (χ4v) is 1.96. The quantitative estimate of drug-likeness (QED) is 0.785. The number of rotatable bonds is 7. The molecule has 2 aromatic rings. The zero-order chi connectivity index (χ0) is 15.1. The Morgan fingerprint density at radius 2 is 1.95 bits per heavy atom. The first-order valence-electron chi connectivity index (χ1n) is 6.82. The number of hydrogen-bond donors (Lipinski definition) is 0. The summed E-state index contributed by atoms with van der Waals surface area (Å²) in [7, 11) is 1.52. The van der Waals surface area contributed by atoms with Gasteiger partial charge >= 0.3 is 0 Å². The first-order valence-corrected chi connectivity index (χ1v) is 6.82. The number of carbonyl (C=O) groups is 1. The maximum absolute atomic E-state index is 11.5. The monoisotopic (exact) mass is 285 g/mol. The van der Waals surface area contributed by atoms with E-state index in [2.05, 4.69) is 4.98 Å². The van der Waals surface area contributed by atoms with E-state index in [1.54, 1.807) is 6.20 Å². The standard InChI is InChI=1S/C17H19NO3/c1-13-4-3-9-18-17(13)12-21-16-7-5-14(6-8-16)10-15(19)11-20-2/h3-9H,10-12H2,1-2H3. The second kappa shape index (κ2) is 7.55. The van der Waals surface area contributed by atoms with Crippen LogP contribution < -0.4 is 4.74 Å². The number of carbonyl (C=O) groups excluding carboxylic acids is 1. The van der Waals surface area contributed by atoms with Gasteiger partial charge in [0.25, 0.3) is 0 Å². The van der Waals surface area contributed by atoms with Crippen molar-refractivity contribution >= 4 is 5.78 Å². The van der Waals surface area contributed by atoms with Gasteiger partial charge in [0.1, 0.15) is 19.0 Å². The van der Waals surface area contributed by atoms with Crippen LogP contribution in [-0.4, -0.2) is 24.5 Å². The summed E-state index contributed by atoms with van der Waals surface area (Å²) < 4.78 is 10.5. The van der Waals surface area contributed by atoms with E-state index in [1.807, 2.05) is 43.3 Å². The number of hydrogen-bond acceptors (Lipinski definition) is 4. The molecule has 110 valence electrons. The van der Waals surface area contributed by atoms with E-state index in [1.165, 1.54) is 7.11 Å². The highest BCUT2D eigenvalue weighted by Crippen LogP contribution is 2.15. The van der Waals surface area contributed by atoms with Crippen LogP contribution in [0.15, 0.2) is 42.6 Å². The van der Waals surface area contributed by atoms with Gasteiger partial charge in [-0.2, -0.15) is 0 Å². The largest absolute Gasteiger partial charge is 0.487 e. The topological polar surface area (TPSA) is 48.4 Å². The predicted molar refractivity (Wildman–Crippen MR) is 80.3 cm³/mol. The molecule has 0 aliphatic carbocycles. The van der Waals surface area contributed by atoms with E-state index in [4.69, 9.17) is 9.47 Å². The summed E-state index contributed by atoms with van der Waals surface area (Å²) >= 11 is 0. The number of ketones is 1. The predicted octanol–water partition coefficient (Wildman–Crippen LogP) is 2.73. The molecule has 1 aromatic carbocycles. The highest BCUT2D eigenvalue weighted by atomic mass is 16.5. The molecule has 4 nitrogen and oxygen atoms in total. The lowest BCUT2D eigenvalue weighted by atomic mass is 10.1. The Kier molecular flexibility index (Phi) is 5.46. The van der Waals surface area contributed by atoms with Crippen molar-refractivity contribution < 1.29 is 14.3 Å². The van der Waals surface area contributed by atoms with Crippen LogP contribution in [0.3, 0.4) is 0 Å². The summed E-state index contributed by atoms with van der Waals surface area (Å²) in [5.74, 6) is 0.832. The number of ether oxygens (including phenoxy) is 2. The lowest BCUT2D eigenvalue weighted by Crippen LogP contribution is -2.09. The van der Waals surface area contributed by atoms with E-state index < -0.39 is 0 Å². The Hall–Kier alpha value is -2.20. The van der Waals surface area contributed by atoms with Crippen molar-refractivity contribution in [2.45, 2.75) is 20.0 Å². The number of aryl methyl sites for hydroxylation is 1. The number of methoxy groups -OCH3 is 1. The van der Waals surface area contributed by atoms with Crippen molar-refractivity contribution in [3.8, 4) is 5.75 Å². The van der Waals surface area contributed by atoms with Crippen molar-refractivity contribution in [2.24, 2.45) is 0 Å². The Balaban J connectivity index is 1.91.